The van der Waals surface area contributed by atoms with Crippen LogP contribution in [-0.2, 0) is 16.1 Å². The van der Waals surface area contributed by atoms with Gasteiger partial charge in [0.05, 0.1) is 12.6 Å². The Hall–Kier alpha value is -2.70. The average Bonchev–Trinajstić information content (AvgIpc) is 3.25. The molecule has 1 aromatic carbocycles. The molecule has 1 saturated heterocycles. The van der Waals surface area contributed by atoms with Gasteiger partial charge < -0.3 is 10.2 Å². The van der Waals surface area contributed by atoms with E-state index in [0.717, 1.165) is 18.5 Å². The van der Waals surface area contributed by atoms with Crippen LogP contribution in [0.1, 0.15) is 30.9 Å². The molecule has 126 valence electrons. The number of benzene rings is 1. The highest BCUT2D eigenvalue weighted by molar-refractivity contribution is 5.79. The number of likely N-dealkylation sites (tertiary alicyclic amines) is 1. The molecular weight excluding hydrogens is 306 g/mol. The van der Waals surface area contributed by atoms with Gasteiger partial charge in [0.15, 0.2) is 0 Å². The van der Waals surface area contributed by atoms with Crippen LogP contribution in [0.3, 0.4) is 0 Å². The fourth-order valence-corrected chi connectivity index (χ4v) is 2.87. The third kappa shape index (κ3) is 4.18. The number of hydrogen-bond donors (Lipinski definition) is 1. The molecule has 2 heterocycles. The van der Waals surface area contributed by atoms with E-state index in [-0.39, 0.29) is 17.9 Å². The Labute approximate surface area is 140 Å². The summed E-state index contributed by atoms with van der Waals surface area (Å²) in [5.74, 6) is 0.0961. The molecule has 0 spiro atoms. The van der Waals surface area contributed by atoms with E-state index in [9.17, 15) is 9.59 Å². The minimum atomic E-state index is -0.198. The SMILES string of the molecule is O=C(CCn1cncn1)NC(CN1CCCC1=O)c1ccccc1. The van der Waals surface area contributed by atoms with Crippen molar-refractivity contribution >= 4 is 11.8 Å². The third-order valence-corrected chi connectivity index (χ3v) is 4.15. The van der Waals surface area contributed by atoms with E-state index in [1.54, 1.807) is 11.0 Å². The van der Waals surface area contributed by atoms with Gasteiger partial charge in [-0.1, -0.05) is 30.3 Å². The smallest absolute Gasteiger partial charge is 0.222 e. The Morgan fingerprint density at radius 2 is 2.12 bits per heavy atom. The molecule has 1 N–H and O–H groups in total. The van der Waals surface area contributed by atoms with Gasteiger partial charge in [0.1, 0.15) is 12.7 Å². The van der Waals surface area contributed by atoms with E-state index >= 15 is 0 Å². The lowest BCUT2D eigenvalue weighted by Gasteiger charge is -2.25. The van der Waals surface area contributed by atoms with Gasteiger partial charge in [0.25, 0.3) is 0 Å². The van der Waals surface area contributed by atoms with Crippen molar-refractivity contribution < 1.29 is 9.59 Å². The zero-order valence-electron chi connectivity index (χ0n) is 13.5. The first-order chi connectivity index (χ1) is 11.7. The quantitative estimate of drug-likeness (QED) is 0.827. The lowest BCUT2D eigenvalue weighted by molar-refractivity contribution is -0.129. The first-order valence-electron chi connectivity index (χ1n) is 8.17. The molecule has 2 aromatic rings. The molecule has 1 unspecified atom stereocenters. The highest BCUT2D eigenvalue weighted by atomic mass is 16.2. The highest BCUT2D eigenvalue weighted by Gasteiger charge is 2.25. The Kier molecular flexibility index (Phi) is 5.20. The summed E-state index contributed by atoms with van der Waals surface area (Å²) in [5, 5.41) is 7.04. The van der Waals surface area contributed by atoms with E-state index in [4.69, 9.17) is 0 Å². The molecule has 1 aliphatic heterocycles. The standard InChI is InChI=1S/C17H21N5O2/c23-16(8-10-22-13-18-12-19-22)20-15(14-5-2-1-3-6-14)11-21-9-4-7-17(21)24/h1-3,5-6,12-13,15H,4,7-11H2,(H,20,23). The maximum Gasteiger partial charge on any atom is 0.222 e. The fraction of sp³-hybridized carbons (Fsp3) is 0.412. The second-order valence-corrected chi connectivity index (χ2v) is 5.88. The molecule has 1 atom stereocenters. The van der Waals surface area contributed by atoms with Gasteiger partial charge in [-0.15, -0.1) is 0 Å². The molecule has 0 radical (unpaired) electrons. The second-order valence-electron chi connectivity index (χ2n) is 5.88. The van der Waals surface area contributed by atoms with Gasteiger partial charge in [-0.25, -0.2) is 4.98 Å². The van der Waals surface area contributed by atoms with Crippen molar-refractivity contribution in [1.82, 2.24) is 25.0 Å². The fourth-order valence-electron chi connectivity index (χ4n) is 2.87. The van der Waals surface area contributed by atoms with Crippen LogP contribution in [0, 0.1) is 0 Å². The van der Waals surface area contributed by atoms with Crippen LogP contribution >= 0.6 is 0 Å². The molecule has 7 heteroatoms. The van der Waals surface area contributed by atoms with Gasteiger partial charge in [0.2, 0.25) is 11.8 Å². The maximum atomic E-state index is 12.3. The summed E-state index contributed by atoms with van der Waals surface area (Å²) in [7, 11) is 0. The molecule has 0 bridgehead atoms. The monoisotopic (exact) mass is 327 g/mol. The minimum Gasteiger partial charge on any atom is -0.347 e. The first-order valence-corrected chi connectivity index (χ1v) is 8.17. The van der Waals surface area contributed by atoms with Crippen LogP contribution in [0.4, 0.5) is 0 Å². The summed E-state index contributed by atoms with van der Waals surface area (Å²) in [6.45, 7) is 1.75. The van der Waals surface area contributed by atoms with Crippen LogP contribution in [0.5, 0.6) is 0 Å². The molecule has 0 saturated carbocycles. The number of nitrogens with zero attached hydrogens (tertiary/aromatic N) is 4. The van der Waals surface area contributed by atoms with Gasteiger partial charge in [-0.2, -0.15) is 5.10 Å². The van der Waals surface area contributed by atoms with Crippen molar-refractivity contribution in [1.29, 1.82) is 0 Å². The minimum absolute atomic E-state index is 0.0639. The predicted octanol–water partition coefficient (Wildman–Crippen LogP) is 1.15. The predicted molar refractivity (Wildman–Crippen MR) is 87.8 cm³/mol. The molecular formula is C17H21N5O2. The van der Waals surface area contributed by atoms with Crippen molar-refractivity contribution in [3.8, 4) is 0 Å². The average molecular weight is 327 g/mol. The summed E-state index contributed by atoms with van der Waals surface area (Å²) in [6, 6.07) is 9.57. The number of aryl methyl sites for hydroxylation is 1. The van der Waals surface area contributed by atoms with E-state index in [1.165, 1.54) is 6.33 Å². The summed E-state index contributed by atoms with van der Waals surface area (Å²) in [5.41, 5.74) is 1.01. The van der Waals surface area contributed by atoms with Gasteiger partial charge in [-0.3, -0.25) is 14.3 Å². The lowest BCUT2D eigenvalue weighted by Crippen LogP contribution is -2.38. The number of carbonyl (C=O) groups excluding carboxylic acids is 2. The Balaban J connectivity index is 1.63. The lowest BCUT2D eigenvalue weighted by atomic mass is 10.1. The molecule has 2 amide bonds. The molecule has 0 aliphatic carbocycles. The Morgan fingerprint density at radius 3 is 2.79 bits per heavy atom. The van der Waals surface area contributed by atoms with Crippen LogP contribution < -0.4 is 5.32 Å². The van der Waals surface area contributed by atoms with Gasteiger partial charge in [-0.05, 0) is 12.0 Å². The second kappa shape index (κ2) is 7.72. The van der Waals surface area contributed by atoms with E-state index in [1.807, 2.05) is 35.2 Å². The topological polar surface area (TPSA) is 80.1 Å². The summed E-state index contributed by atoms with van der Waals surface area (Å²) in [4.78, 5) is 29.9. The van der Waals surface area contributed by atoms with E-state index < -0.39 is 0 Å². The largest absolute Gasteiger partial charge is 0.347 e. The molecule has 3 rings (SSSR count). The summed E-state index contributed by atoms with van der Waals surface area (Å²) < 4.78 is 1.63. The van der Waals surface area contributed by atoms with Gasteiger partial charge >= 0.3 is 0 Å². The Bertz CT molecular complexity index is 672. The number of carbonyl (C=O) groups is 2. The number of hydrogen-bond acceptors (Lipinski definition) is 4. The van der Waals surface area contributed by atoms with Crippen LogP contribution in [-0.4, -0.2) is 44.6 Å². The maximum absolute atomic E-state index is 12.3. The third-order valence-electron chi connectivity index (χ3n) is 4.15. The van der Waals surface area contributed by atoms with Crippen molar-refractivity contribution in [3.05, 3.63) is 48.5 Å². The van der Waals surface area contributed by atoms with Crippen LogP contribution in [0.25, 0.3) is 0 Å². The van der Waals surface area contributed by atoms with Crippen LogP contribution in [0.15, 0.2) is 43.0 Å². The number of aromatic nitrogens is 3. The zero-order chi connectivity index (χ0) is 16.8. The molecule has 1 aliphatic rings. The molecule has 1 aromatic heterocycles. The number of rotatable bonds is 7. The van der Waals surface area contributed by atoms with Crippen molar-refractivity contribution in [2.24, 2.45) is 0 Å². The summed E-state index contributed by atoms with van der Waals surface area (Å²) in [6.07, 6.45) is 4.84. The zero-order valence-corrected chi connectivity index (χ0v) is 13.5. The van der Waals surface area contributed by atoms with Crippen LogP contribution in [0.2, 0.25) is 0 Å². The van der Waals surface area contributed by atoms with Crippen molar-refractivity contribution in [2.75, 3.05) is 13.1 Å². The number of nitrogens with one attached hydrogen (secondary N) is 1. The van der Waals surface area contributed by atoms with E-state index in [0.29, 0.717) is 25.9 Å². The van der Waals surface area contributed by atoms with Crippen molar-refractivity contribution in [2.45, 2.75) is 31.8 Å². The summed E-state index contributed by atoms with van der Waals surface area (Å²) >= 11 is 0. The molecule has 24 heavy (non-hydrogen) atoms. The van der Waals surface area contributed by atoms with E-state index in [2.05, 4.69) is 15.4 Å². The van der Waals surface area contributed by atoms with Crippen molar-refractivity contribution in [3.63, 3.8) is 0 Å². The highest BCUT2D eigenvalue weighted by Crippen LogP contribution is 2.18. The molecule has 1 fully saturated rings. The molecule has 7 nitrogen and oxygen atoms in total. The van der Waals surface area contributed by atoms with Gasteiger partial charge in [0, 0.05) is 25.9 Å². The first kappa shape index (κ1) is 16.2. The Morgan fingerprint density at radius 1 is 1.29 bits per heavy atom. The normalized spacial score (nSPS) is 15.5. The number of amides is 2.